The van der Waals surface area contributed by atoms with Gasteiger partial charge in [0.25, 0.3) is 0 Å². The number of aryl methyl sites for hydroxylation is 1. The predicted molar refractivity (Wildman–Crippen MR) is 74.7 cm³/mol. The second-order valence-corrected chi connectivity index (χ2v) is 4.81. The zero-order valence-electron chi connectivity index (χ0n) is 10.2. The van der Waals surface area contributed by atoms with Crippen molar-refractivity contribution in [2.75, 3.05) is 0 Å². The summed E-state index contributed by atoms with van der Waals surface area (Å²) in [6, 6.07) is 18.1. The van der Waals surface area contributed by atoms with E-state index >= 15 is 0 Å². The lowest BCUT2D eigenvalue weighted by atomic mass is 9.90. The van der Waals surface area contributed by atoms with Gasteiger partial charge in [-0.25, -0.2) is 0 Å². The maximum Gasteiger partial charge on any atom is 0.0755 e. The Hall–Kier alpha value is -1.78. The van der Waals surface area contributed by atoms with E-state index in [9.17, 15) is 5.26 Å². The van der Waals surface area contributed by atoms with E-state index < -0.39 is 0 Å². The molecular formula is C16H14ClN. The van der Waals surface area contributed by atoms with E-state index in [0.717, 1.165) is 28.1 Å². The van der Waals surface area contributed by atoms with Crippen molar-refractivity contribution in [2.24, 2.45) is 0 Å². The average Bonchev–Trinajstić information content (AvgIpc) is 2.39. The first-order valence-electron chi connectivity index (χ1n) is 5.90. The molecule has 2 aromatic carbocycles. The lowest BCUT2D eigenvalue weighted by Crippen LogP contribution is -2.02. The topological polar surface area (TPSA) is 23.8 Å². The lowest BCUT2D eigenvalue weighted by molar-refractivity contribution is 0.841. The fraction of sp³-hybridized carbons (Fsp3) is 0.188. The molecule has 1 nitrogen and oxygen atoms in total. The molecule has 0 spiro atoms. The molecule has 0 fully saturated rings. The van der Waals surface area contributed by atoms with Crippen molar-refractivity contribution in [1.29, 1.82) is 5.26 Å². The van der Waals surface area contributed by atoms with Gasteiger partial charge in [-0.15, -0.1) is 0 Å². The smallest absolute Gasteiger partial charge is 0.0755 e. The molecule has 0 unspecified atom stereocenters. The van der Waals surface area contributed by atoms with Crippen LogP contribution in [0.5, 0.6) is 0 Å². The normalized spacial score (nSPS) is 11.8. The second-order valence-electron chi connectivity index (χ2n) is 4.37. The highest BCUT2D eigenvalue weighted by Gasteiger charge is 2.13. The van der Waals surface area contributed by atoms with Crippen LogP contribution in [0.15, 0.2) is 48.5 Å². The molecule has 90 valence electrons. The minimum Gasteiger partial charge on any atom is -0.198 e. The Labute approximate surface area is 113 Å². The molecule has 2 heteroatoms. The third-order valence-corrected chi connectivity index (χ3v) is 3.32. The van der Waals surface area contributed by atoms with E-state index in [2.05, 4.69) is 6.07 Å². The molecule has 2 aromatic rings. The van der Waals surface area contributed by atoms with Gasteiger partial charge in [-0.3, -0.25) is 0 Å². The van der Waals surface area contributed by atoms with Gasteiger partial charge in [-0.05, 0) is 42.2 Å². The van der Waals surface area contributed by atoms with Crippen LogP contribution in [-0.4, -0.2) is 0 Å². The fourth-order valence-electron chi connectivity index (χ4n) is 2.06. The third-order valence-electron chi connectivity index (χ3n) is 3.07. The first kappa shape index (κ1) is 12.7. The first-order valence-corrected chi connectivity index (χ1v) is 6.28. The van der Waals surface area contributed by atoms with Crippen molar-refractivity contribution < 1.29 is 0 Å². The molecule has 0 radical (unpaired) electrons. The summed E-state index contributed by atoms with van der Waals surface area (Å²) in [5.74, 6) is -0.104. The van der Waals surface area contributed by atoms with Gasteiger partial charge in [0.15, 0.2) is 0 Å². The molecule has 0 saturated heterocycles. The van der Waals surface area contributed by atoms with Crippen LogP contribution in [0, 0.1) is 18.3 Å². The zero-order valence-corrected chi connectivity index (χ0v) is 11.0. The minimum absolute atomic E-state index is 0.104. The summed E-state index contributed by atoms with van der Waals surface area (Å²) >= 11 is 5.86. The average molecular weight is 256 g/mol. The molecule has 0 aliphatic heterocycles. The summed E-state index contributed by atoms with van der Waals surface area (Å²) in [5.41, 5.74) is 3.40. The molecule has 0 heterocycles. The number of nitrogens with zero attached hydrogens (tertiary/aromatic N) is 1. The summed E-state index contributed by atoms with van der Waals surface area (Å²) in [6.07, 6.45) is 0.721. The van der Waals surface area contributed by atoms with Crippen molar-refractivity contribution in [3.63, 3.8) is 0 Å². The van der Waals surface area contributed by atoms with E-state index in [-0.39, 0.29) is 5.92 Å². The number of halogens is 1. The molecule has 0 amide bonds. The maximum absolute atomic E-state index is 9.34. The third kappa shape index (κ3) is 2.91. The number of rotatable bonds is 3. The van der Waals surface area contributed by atoms with E-state index in [1.54, 1.807) is 0 Å². The SMILES string of the molecule is Cc1ccccc1[C@H](C#N)Cc1ccc(Cl)cc1. The van der Waals surface area contributed by atoms with Gasteiger partial charge in [0.2, 0.25) is 0 Å². The van der Waals surface area contributed by atoms with Crippen molar-refractivity contribution in [3.8, 4) is 6.07 Å². The molecule has 1 atom stereocenters. The Kier molecular flexibility index (Phi) is 4.02. The van der Waals surface area contributed by atoms with Crippen LogP contribution >= 0.6 is 11.6 Å². The fourth-order valence-corrected chi connectivity index (χ4v) is 2.19. The van der Waals surface area contributed by atoms with Crippen LogP contribution in [0.3, 0.4) is 0 Å². The summed E-state index contributed by atoms with van der Waals surface area (Å²) in [4.78, 5) is 0. The predicted octanol–water partition coefficient (Wildman–Crippen LogP) is 4.50. The monoisotopic (exact) mass is 255 g/mol. The molecule has 0 bridgehead atoms. The molecule has 2 rings (SSSR count). The lowest BCUT2D eigenvalue weighted by Gasteiger charge is -2.12. The quantitative estimate of drug-likeness (QED) is 0.792. The Morgan fingerprint density at radius 1 is 1.11 bits per heavy atom. The van der Waals surface area contributed by atoms with E-state index in [1.165, 1.54) is 0 Å². The van der Waals surface area contributed by atoms with Gasteiger partial charge < -0.3 is 0 Å². The molecule has 0 aliphatic rings. The largest absolute Gasteiger partial charge is 0.198 e. The van der Waals surface area contributed by atoms with Gasteiger partial charge in [-0.2, -0.15) is 5.26 Å². The Morgan fingerprint density at radius 2 is 1.78 bits per heavy atom. The van der Waals surface area contributed by atoms with Crippen molar-refractivity contribution in [3.05, 3.63) is 70.2 Å². The van der Waals surface area contributed by atoms with E-state index in [0.29, 0.717) is 0 Å². The Morgan fingerprint density at radius 3 is 2.39 bits per heavy atom. The van der Waals surface area contributed by atoms with Crippen LogP contribution in [0.2, 0.25) is 5.02 Å². The molecule has 0 aliphatic carbocycles. The molecule has 0 N–H and O–H groups in total. The number of nitriles is 1. The van der Waals surface area contributed by atoms with E-state index in [1.807, 2.05) is 55.5 Å². The van der Waals surface area contributed by atoms with Crippen LogP contribution in [0.1, 0.15) is 22.6 Å². The van der Waals surface area contributed by atoms with Gasteiger partial charge in [-0.1, -0.05) is 48.0 Å². The van der Waals surface area contributed by atoms with Crippen molar-refractivity contribution in [1.82, 2.24) is 0 Å². The highest BCUT2D eigenvalue weighted by Crippen LogP contribution is 2.23. The summed E-state index contributed by atoms with van der Waals surface area (Å²) in [6.45, 7) is 2.04. The van der Waals surface area contributed by atoms with Gasteiger partial charge >= 0.3 is 0 Å². The van der Waals surface area contributed by atoms with Crippen LogP contribution < -0.4 is 0 Å². The molecular weight excluding hydrogens is 242 g/mol. The minimum atomic E-state index is -0.104. The van der Waals surface area contributed by atoms with Crippen LogP contribution in [-0.2, 0) is 6.42 Å². The van der Waals surface area contributed by atoms with Crippen molar-refractivity contribution in [2.45, 2.75) is 19.3 Å². The van der Waals surface area contributed by atoms with Gasteiger partial charge in [0, 0.05) is 5.02 Å². The molecule has 0 saturated carbocycles. The molecule has 18 heavy (non-hydrogen) atoms. The number of benzene rings is 2. The summed E-state index contributed by atoms with van der Waals surface area (Å²) < 4.78 is 0. The first-order chi connectivity index (χ1) is 8.70. The van der Waals surface area contributed by atoms with E-state index in [4.69, 9.17) is 11.6 Å². The van der Waals surface area contributed by atoms with Gasteiger partial charge in [0.05, 0.1) is 12.0 Å². The van der Waals surface area contributed by atoms with Gasteiger partial charge in [0.1, 0.15) is 0 Å². The van der Waals surface area contributed by atoms with Crippen molar-refractivity contribution >= 4 is 11.6 Å². The Bertz CT molecular complexity index is 566. The zero-order chi connectivity index (χ0) is 13.0. The van der Waals surface area contributed by atoms with Crippen LogP contribution in [0.4, 0.5) is 0 Å². The standard InChI is InChI=1S/C16H14ClN/c1-12-4-2-3-5-16(12)14(11-18)10-13-6-8-15(17)9-7-13/h2-9,14H,10H2,1H3/t14-/m0/s1. The molecule has 0 aromatic heterocycles. The maximum atomic E-state index is 9.34. The second kappa shape index (κ2) is 5.71. The number of hydrogen-bond acceptors (Lipinski definition) is 1. The van der Waals surface area contributed by atoms with Crippen LogP contribution in [0.25, 0.3) is 0 Å². The number of hydrogen-bond donors (Lipinski definition) is 0. The summed E-state index contributed by atoms with van der Waals surface area (Å²) in [5, 5.41) is 10.1. The Balaban J connectivity index is 2.23. The highest BCUT2D eigenvalue weighted by molar-refractivity contribution is 6.30. The summed E-state index contributed by atoms with van der Waals surface area (Å²) in [7, 11) is 0. The highest BCUT2D eigenvalue weighted by atomic mass is 35.5.